The van der Waals surface area contributed by atoms with Crippen LogP contribution in [0.3, 0.4) is 0 Å². The zero-order valence-corrected chi connectivity index (χ0v) is 14.0. The predicted octanol–water partition coefficient (Wildman–Crippen LogP) is 4.70. The van der Waals surface area contributed by atoms with Crippen molar-refractivity contribution >= 4 is 5.91 Å². The van der Waals surface area contributed by atoms with E-state index in [1.807, 2.05) is 54.6 Å². The Morgan fingerprint density at radius 2 is 1.24 bits per heavy atom. The Morgan fingerprint density at radius 3 is 1.76 bits per heavy atom. The van der Waals surface area contributed by atoms with E-state index in [9.17, 15) is 4.79 Å². The molecule has 2 heteroatoms. The molecule has 0 radical (unpaired) electrons. The molecule has 3 aromatic rings. The van der Waals surface area contributed by atoms with Crippen LogP contribution in [0, 0.1) is 5.92 Å². The molecule has 0 aliphatic heterocycles. The highest BCUT2D eigenvalue weighted by Crippen LogP contribution is 2.47. The third-order valence-electron chi connectivity index (χ3n) is 4.91. The van der Waals surface area contributed by atoms with Gasteiger partial charge in [-0.05, 0) is 29.0 Å². The maximum absolute atomic E-state index is 12.8. The summed E-state index contributed by atoms with van der Waals surface area (Å²) in [6.07, 6.45) is 0.937. The molecular weight excluding hydrogens is 306 g/mol. The van der Waals surface area contributed by atoms with E-state index in [0.29, 0.717) is 5.92 Å². The average molecular weight is 327 g/mol. The lowest BCUT2D eigenvalue weighted by Gasteiger charge is -2.20. The number of hydrogen-bond donors (Lipinski definition) is 1. The van der Waals surface area contributed by atoms with Crippen LogP contribution in [0.15, 0.2) is 91.0 Å². The molecular formula is C23H21NO. The standard InChI is InChI=1S/C23H21NO/c25-23(21-16-20(21)17-10-4-1-5-11-17)24-22(18-12-6-2-7-13-18)19-14-8-3-9-15-19/h1-15,20-22H,16H2,(H,24,25)/t20-,21+/m1/s1. The Balaban J connectivity index is 1.53. The molecule has 25 heavy (non-hydrogen) atoms. The average Bonchev–Trinajstić information content (AvgIpc) is 3.49. The van der Waals surface area contributed by atoms with Crippen molar-refractivity contribution in [3.8, 4) is 0 Å². The first-order chi connectivity index (χ1) is 12.3. The largest absolute Gasteiger partial charge is 0.345 e. The van der Waals surface area contributed by atoms with Crippen molar-refractivity contribution in [2.75, 3.05) is 0 Å². The van der Waals surface area contributed by atoms with Crippen molar-refractivity contribution in [2.24, 2.45) is 5.92 Å². The van der Waals surface area contributed by atoms with Crippen LogP contribution < -0.4 is 5.32 Å². The van der Waals surface area contributed by atoms with Crippen molar-refractivity contribution in [1.82, 2.24) is 5.32 Å². The lowest BCUT2D eigenvalue weighted by atomic mass is 9.98. The lowest BCUT2D eigenvalue weighted by Crippen LogP contribution is -2.30. The van der Waals surface area contributed by atoms with Gasteiger partial charge in [0, 0.05) is 5.92 Å². The Hall–Kier alpha value is -2.87. The molecule has 3 aromatic carbocycles. The molecule has 0 saturated heterocycles. The number of hydrogen-bond acceptors (Lipinski definition) is 1. The summed E-state index contributed by atoms with van der Waals surface area (Å²) in [7, 11) is 0. The van der Waals surface area contributed by atoms with Gasteiger partial charge in [-0.1, -0.05) is 91.0 Å². The molecule has 0 unspecified atom stereocenters. The highest BCUT2D eigenvalue weighted by atomic mass is 16.2. The topological polar surface area (TPSA) is 29.1 Å². The van der Waals surface area contributed by atoms with Crippen LogP contribution in [0.2, 0.25) is 0 Å². The van der Waals surface area contributed by atoms with Crippen LogP contribution in [-0.2, 0) is 4.79 Å². The molecule has 1 amide bonds. The quantitative estimate of drug-likeness (QED) is 0.723. The van der Waals surface area contributed by atoms with E-state index < -0.39 is 0 Å². The Kier molecular flexibility index (Phi) is 4.34. The van der Waals surface area contributed by atoms with Gasteiger partial charge in [0.25, 0.3) is 0 Å². The highest BCUT2D eigenvalue weighted by molar-refractivity contribution is 5.83. The van der Waals surface area contributed by atoms with Gasteiger partial charge in [-0.2, -0.15) is 0 Å². The second-order valence-corrected chi connectivity index (χ2v) is 6.62. The molecule has 0 aromatic heterocycles. The number of carbonyl (C=O) groups excluding carboxylic acids is 1. The summed E-state index contributed by atoms with van der Waals surface area (Å²) in [6.45, 7) is 0. The summed E-state index contributed by atoms with van der Waals surface area (Å²) in [6, 6.07) is 30.6. The van der Waals surface area contributed by atoms with Gasteiger partial charge in [-0.15, -0.1) is 0 Å². The van der Waals surface area contributed by atoms with Crippen molar-refractivity contribution in [3.63, 3.8) is 0 Å². The van der Waals surface area contributed by atoms with Crippen molar-refractivity contribution < 1.29 is 4.79 Å². The minimum Gasteiger partial charge on any atom is -0.345 e. The second-order valence-electron chi connectivity index (χ2n) is 6.62. The van der Waals surface area contributed by atoms with Crippen molar-refractivity contribution in [2.45, 2.75) is 18.4 Å². The normalized spacial score (nSPS) is 18.8. The molecule has 2 nitrogen and oxygen atoms in total. The van der Waals surface area contributed by atoms with E-state index >= 15 is 0 Å². The van der Waals surface area contributed by atoms with Crippen molar-refractivity contribution in [1.29, 1.82) is 0 Å². The summed E-state index contributed by atoms with van der Waals surface area (Å²) in [5.41, 5.74) is 3.48. The number of nitrogens with one attached hydrogen (secondary N) is 1. The fourth-order valence-electron chi connectivity index (χ4n) is 3.45. The summed E-state index contributed by atoms with van der Waals surface area (Å²) in [5, 5.41) is 3.27. The van der Waals surface area contributed by atoms with Crippen LogP contribution in [0.25, 0.3) is 0 Å². The number of carbonyl (C=O) groups is 1. The van der Waals surface area contributed by atoms with Gasteiger partial charge in [-0.25, -0.2) is 0 Å². The summed E-state index contributed by atoms with van der Waals surface area (Å²) in [4.78, 5) is 12.8. The molecule has 1 saturated carbocycles. The zero-order valence-electron chi connectivity index (χ0n) is 14.0. The molecule has 0 heterocycles. The Morgan fingerprint density at radius 1 is 0.760 bits per heavy atom. The van der Waals surface area contributed by atoms with Gasteiger partial charge in [-0.3, -0.25) is 4.79 Å². The van der Waals surface area contributed by atoms with Crippen molar-refractivity contribution in [3.05, 3.63) is 108 Å². The van der Waals surface area contributed by atoms with Crippen LogP contribution in [0.4, 0.5) is 0 Å². The Labute approximate surface area is 148 Å². The van der Waals surface area contributed by atoms with Gasteiger partial charge in [0.05, 0.1) is 6.04 Å². The summed E-state index contributed by atoms with van der Waals surface area (Å²) < 4.78 is 0. The van der Waals surface area contributed by atoms with Crippen LogP contribution in [-0.4, -0.2) is 5.91 Å². The number of amides is 1. The zero-order chi connectivity index (χ0) is 17.1. The molecule has 1 fully saturated rings. The third-order valence-corrected chi connectivity index (χ3v) is 4.91. The first-order valence-electron chi connectivity index (χ1n) is 8.78. The lowest BCUT2D eigenvalue weighted by molar-refractivity contribution is -0.122. The fraction of sp³-hybridized carbons (Fsp3) is 0.174. The molecule has 4 rings (SSSR count). The predicted molar refractivity (Wildman–Crippen MR) is 100 cm³/mol. The summed E-state index contributed by atoms with van der Waals surface area (Å²) in [5.74, 6) is 0.581. The second kappa shape index (κ2) is 6.94. The minimum atomic E-state index is -0.105. The molecule has 0 spiro atoms. The van der Waals surface area contributed by atoms with Gasteiger partial charge in [0.2, 0.25) is 5.91 Å². The maximum atomic E-state index is 12.8. The van der Waals surface area contributed by atoms with Crippen LogP contribution in [0.1, 0.15) is 35.1 Å². The molecule has 1 aliphatic rings. The van der Waals surface area contributed by atoms with E-state index in [4.69, 9.17) is 0 Å². The van der Waals surface area contributed by atoms with E-state index in [1.165, 1.54) is 5.56 Å². The van der Waals surface area contributed by atoms with Gasteiger partial charge in [0.1, 0.15) is 0 Å². The molecule has 1 N–H and O–H groups in total. The van der Waals surface area contributed by atoms with E-state index in [0.717, 1.165) is 17.5 Å². The smallest absolute Gasteiger partial charge is 0.224 e. The molecule has 0 bridgehead atoms. The van der Waals surface area contributed by atoms with Gasteiger partial charge < -0.3 is 5.32 Å². The van der Waals surface area contributed by atoms with Gasteiger partial charge in [0.15, 0.2) is 0 Å². The monoisotopic (exact) mass is 327 g/mol. The molecule has 2 atom stereocenters. The van der Waals surface area contributed by atoms with Gasteiger partial charge >= 0.3 is 0 Å². The van der Waals surface area contributed by atoms with E-state index in [1.54, 1.807) is 0 Å². The molecule has 1 aliphatic carbocycles. The van der Waals surface area contributed by atoms with E-state index in [-0.39, 0.29) is 17.9 Å². The summed E-state index contributed by atoms with van der Waals surface area (Å²) >= 11 is 0. The Bertz CT molecular complexity index is 790. The first-order valence-corrected chi connectivity index (χ1v) is 8.78. The third kappa shape index (κ3) is 3.48. The van der Waals surface area contributed by atoms with Crippen LogP contribution >= 0.6 is 0 Å². The maximum Gasteiger partial charge on any atom is 0.224 e. The first kappa shape index (κ1) is 15.6. The molecule has 124 valence electrons. The SMILES string of the molecule is O=C(NC(c1ccccc1)c1ccccc1)[C@H]1C[C@@H]1c1ccccc1. The fourth-order valence-corrected chi connectivity index (χ4v) is 3.45. The number of rotatable bonds is 5. The highest BCUT2D eigenvalue weighted by Gasteiger charge is 2.44. The minimum absolute atomic E-state index is 0.0809. The van der Waals surface area contributed by atoms with E-state index in [2.05, 4.69) is 41.7 Å². The van der Waals surface area contributed by atoms with Crippen LogP contribution in [0.5, 0.6) is 0 Å². The number of benzene rings is 3.